The van der Waals surface area contributed by atoms with Gasteiger partial charge in [0.25, 0.3) is 5.91 Å². The third-order valence-electron chi connectivity index (χ3n) is 3.03. The summed E-state index contributed by atoms with van der Waals surface area (Å²) in [5, 5.41) is 3.81. The summed E-state index contributed by atoms with van der Waals surface area (Å²) >= 11 is 7.11. The Hall–Kier alpha value is -2.11. The van der Waals surface area contributed by atoms with Crippen molar-refractivity contribution in [2.24, 2.45) is 0 Å². The maximum atomic E-state index is 12.3. The number of carbonyl (C=O) groups excluding carboxylic acids is 1. The van der Waals surface area contributed by atoms with E-state index in [-0.39, 0.29) is 5.91 Å². The zero-order valence-corrected chi connectivity index (χ0v) is 13.4. The number of thiophene rings is 1. The van der Waals surface area contributed by atoms with Crippen LogP contribution < -0.4 is 10.1 Å². The van der Waals surface area contributed by atoms with Gasteiger partial charge in [0.2, 0.25) is 5.88 Å². The molecule has 1 N–H and O–H groups in total. The third kappa shape index (κ3) is 3.05. The number of fused-ring (bicyclic) bond motifs is 1. The van der Waals surface area contributed by atoms with Gasteiger partial charge in [-0.05, 0) is 31.2 Å². The Bertz CT molecular complexity index is 832. The second-order valence-electron chi connectivity index (χ2n) is 4.52. The van der Waals surface area contributed by atoms with Gasteiger partial charge in [-0.15, -0.1) is 11.3 Å². The van der Waals surface area contributed by atoms with Gasteiger partial charge in [0.05, 0.1) is 27.0 Å². The monoisotopic (exact) mass is 332 g/mol. The van der Waals surface area contributed by atoms with Crippen LogP contribution in [0.5, 0.6) is 5.88 Å². The molecule has 0 bridgehead atoms. The van der Waals surface area contributed by atoms with E-state index in [1.165, 1.54) is 11.3 Å². The number of pyridine rings is 1. The Labute approximate surface area is 136 Å². The number of nitrogens with zero attached hydrogens (tertiary/aromatic N) is 1. The van der Waals surface area contributed by atoms with Crippen LogP contribution in [0.2, 0.25) is 4.34 Å². The molecule has 1 amide bonds. The molecule has 3 rings (SSSR count). The van der Waals surface area contributed by atoms with Crippen molar-refractivity contribution in [2.45, 2.75) is 6.92 Å². The van der Waals surface area contributed by atoms with Gasteiger partial charge in [-0.3, -0.25) is 4.79 Å². The first-order valence-corrected chi connectivity index (χ1v) is 7.96. The van der Waals surface area contributed by atoms with Crippen LogP contribution in [0.15, 0.2) is 42.5 Å². The zero-order chi connectivity index (χ0) is 15.5. The maximum absolute atomic E-state index is 12.3. The smallest absolute Gasteiger partial charge is 0.265 e. The molecule has 0 aliphatic rings. The number of para-hydroxylation sites is 1. The highest BCUT2D eigenvalue weighted by molar-refractivity contribution is 7.18. The van der Waals surface area contributed by atoms with E-state index < -0.39 is 0 Å². The van der Waals surface area contributed by atoms with Crippen molar-refractivity contribution in [3.8, 4) is 5.88 Å². The second kappa shape index (κ2) is 6.34. The molecule has 0 fully saturated rings. The van der Waals surface area contributed by atoms with Crippen LogP contribution in [0.4, 0.5) is 5.69 Å². The SMILES string of the molecule is CCOc1ccc2cccc(NC(=O)c3ccc(Cl)s3)c2n1. The molecule has 0 aliphatic heterocycles. The molecule has 0 saturated heterocycles. The highest BCUT2D eigenvalue weighted by Crippen LogP contribution is 2.26. The molecule has 3 aromatic rings. The van der Waals surface area contributed by atoms with Gasteiger partial charge < -0.3 is 10.1 Å². The Kier molecular flexibility index (Phi) is 4.27. The number of aromatic nitrogens is 1. The minimum Gasteiger partial charge on any atom is -0.478 e. The molecule has 2 heterocycles. The second-order valence-corrected chi connectivity index (χ2v) is 6.23. The first kappa shape index (κ1) is 14.8. The van der Waals surface area contributed by atoms with Crippen molar-refractivity contribution in [1.82, 2.24) is 4.98 Å². The summed E-state index contributed by atoms with van der Waals surface area (Å²) in [6.07, 6.45) is 0. The number of rotatable bonds is 4. The fourth-order valence-corrected chi connectivity index (χ4v) is 3.02. The average molecular weight is 333 g/mol. The molecule has 1 aromatic carbocycles. The molecular formula is C16H13ClN2O2S. The number of nitrogens with one attached hydrogen (secondary N) is 1. The Morgan fingerprint density at radius 2 is 2.14 bits per heavy atom. The van der Waals surface area contributed by atoms with E-state index in [0.717, 1.165) is 5.39 Å². The summed E-state index contributed by atoms with van der Waals surface area (Å²) in [5.41, 5.74) is 1.35. The molecule has 2 aromatic heterocycles. The lowest BCUT2D eigenvalue weighted by molar-refractivity contribution is 0.103. The molecule has 0 unspecified atom stereocenters. The van der Waals surface area contributed by atoms with E-state index in [1.54, 1.807) is 12.1 Å². The summed E-state index contributed by atoms with van der Waals surface area (Å²) in [5.74, 6) is 0.337. The normalized spacial score (nSPS) is 10.6. The van der Waals surface area contributed by atoms with E-state index >= 15 is 0 Å². The summed E-state index contributed by atoms with van der Waals surface area (Å²) in [4.78, 5) is 17.3. The lowest BCUT2D eigenvalue weighted by Crippen LogP contribution is -2.10. The lowest BCUT2D eigenvalue weighted by atomic mass is 10.2. The number of hydrogen-bond acceptors (Lipinski definition) is 4. The summed E-state index contributed by atoms with van der Waals surface area (Å²) in [6.45, 7) is 2.45. The Morgan fingerprint density at radius 3 is 2.86 bits per heavy atom. The van der Waals surface area contributed by atoms with Crippen LogP contribution in [-0.2, 0) is 0 Å². The van der Waals surface area contributed by atoms with E-state index in [9.17, 15) is 4.79 Å². The van der Waals surface area contributed by atoms with Gasteiger partial charge in [-0.2, -0.15) is 0 Å². The van der Waals surface area contributed by atoms with Gasteiger partial charge in [-0.25, -0.2) is 4.98 Å². The molecule has 0 spiro atoms. The first-order valence-electron chi connectivity index (χ1n) is 6.76. The van der Waals surface area contributed by atoms with Gasteiger partial charge in [-0.1, -0.05) is 23.7 Å². The highest BCUT2D eigenvalue weighted by atomic mass is 35.5. The number of anilines is 1. The minimum atomic E-state index is -0.201. The predicted molar refractivity (Wildman–Crippen MR) is 90.2 cm³/mol. The van der Waals surface area contributed by atoms with Gasteiger partial charge in [0.15, 0.2) is 0 Å². The fraction of sp³-hybridized carbons (Fsp3) is 0.125. The fourth-order valence-electron chi connectivity index (χ4n) is 2.08. The Morgan fingerprint density at radius 1 is 1.27 bits per heavy atom. The van der Waals surface area contributed by atoms with E-state index in [2.05, 4.69) is 10.3 Å². The van der Waals surface area contributed by atoms with Crippen LogP contribution in [0.3, 0.4) is 0 Å². The van der Waals surface area contributed by atoms with Crippen molar-refractivity contribution in [3.05, 3.63) is 51.7 Å². The molecule has 4 nitrogen and oxygen atoms in total. The number of benzene rings is 1. The topological polar surface area (TPSA) is 51.2 Å². The van der Waals surface area contributed by atoms with Crippen LogP contribution in [0.25, 0.3) is 10.9 Å². The largest absolute Gasteiger partial charge is 0.478 e. The summed E-state index contributed by atoms with van der Waals surface area (Å²) < 4.78 is 6.01. The highest BCUT2D eigenvalue weighted by Gasteiger charge is 2.12. The van der Waals surface area contributed by atoms with Crippen molar-refractivity contribution in [1.29, 1.82) is 0 Å². The van der Waals surface area contributed by atoms with Crippen LogP contribution in [0.1, 0.15) is 16.6 Å². The average Bonchev–Trinajstić information content (AvgIpc) is 2.95. The molecule has 0 atom stereocenters. The van der Waals surface area contributed by atoms with E-state index in [0.29, 0.717) is 32.9 Å². The molecule has 22 heavy (non-hydrogen) atoms. The number of halogens is 1. The molecular weight excluding hydrogens is 320 g/mol. The Balaban J connectivity index is 1.95. The summed E-state index contributed by atoms with van der Waals surface area (Å²) in [7, 11) is 0. The zero-order valence-electron chi connectivity index (χ0n) is 11.8. The standard InChI is InChI=1S/C16H13ClN2O2S/c1-2-21-14-9-6-10-4-3-5-11(15(10)19-14)18-16(20)12-7-8-13(17)22-12/h3-9H,2H2,1H3,(H,18,20). The predicted octanol–water partition coefficient (Wildman–Crippen LogP) is 4.60. The molecule has 6 heteroatoms. The molecule has 0 saturated carbocycles. The maximum Gasteiger partial charge on any atom is 0.265 e. The minimum absolute atomic E-state index is 0.201. The summed E-state index contributed by atoms with van der Waals surface area (Å²) in [6, 6.07) is 12.8. The van der Waals surface area contributed by atoms with Crippen LogP contribution >= 0.6 is 22.9 Å². The van der Waals surface area contributed by atoms with Gasteiger partial charge in [0, 0.05) is 11.5 Å². The van der Waals surface area contributed by atoms with Crippen molar-refractivity contribution < 1.29 is 9.53 Å². The molecule has 0 aliphatic carbocycles. The van der Waals surface area contributed by atoms with Crippen molar-refractivity contribution in [2.75, 3.05) is 11.9 Å². The number of carbonyl (C=O) groups is 1. The number of ether oxygens (including phenoxy) is 1. The molecule has 0 radical (unpaired) electrons. The van der Waals surface area contributed by atoms with Gasteiger partial charge >= 0.3 is 0 Å². The van der Waals surface area contributed by atoms with E-state index in [4.69, 9.17) is 16.3 Å². The van der Waals surface area contributed by atoms with Gasteiger partial charge in [0.1, 0.15) is 0 Å². The van der Waals surface area contributed by atoms with E-state index in [1.807, 2.05) is 37.3 Å². The van der Waals surface area contributed by atoms with Crippen LogP contribution in [-0.4, -0.2) is 17.5 Å². The third-order valence-corrected chi connectivity index (χ3v) is 4.26. The molecule has 112 valence electrons. The quantitative estimate of drug-likeness (QED) is 0.759. The van der Waals surface area contributed by atoms with Crippen molar-refractivity contribution >= 4 is 45.4 Å². The van der Waals surface area contributed by atoms with Crippen LogP contribution in [0, 0.1) is 0 Å². The first-order chi connectivity index (χ1) is 10.7. The lowest BCUT2D eigenvalue weighted by Gasteiger charge is -2.09. The van der Waals surface area contributed by atoms with Crippen molar-refractivity contribution in [3.63, 3.8) is 0 Å². The number of hydrogen-bond donors (Lipinski definition) is 1. The number of amides is 1.